The Hall–Kier alpha value is -4.87. The summed E-state index contributed by atoms with van der Waals surface area (Å²) in [6, 6.07) is 8.65. The number of likely N-dealkylation sites (N-methyl/N-ethyl adjacent to an activating group) is 1. The van der Waals surface area contributed by atoms with Gasteiger partial charge in [0.1, 0.15) is 23.7 Å². The van der Waals surface area contributed by atoms with Gasteiger partial charge in [0.15, 0.2) is 28.9 Å². The minimum Gasteiger partial charge on any atom is -0.494 e. The van der Waals surface area contributed by atoms with Crippen molar-refractivity contribution in [1.29, 1.82) is 0 Å². The zero-order valence-corrected chi connectivity index (χ0v) is 25.1. The number of nitrogens with one attached hydrogen (secondary N) is 1. The average molecular weight is 597 g/mol. The predicted molar refractivity (Wildman–Crippen MR) is 158 cm³/mol. The molecule has 0 atom stereocenters. The number of hydrogen-bond acceptors (Lipinski definition) is 9. The van der Waals surface area contributed by atoms with E-state index >= 15 is 8.78 Å². The molecule has 0 saturated carbocycles. The van der Waals surface area contributed by atoms with Gasteiger partial charge in [0, 0.05) is 54.3 Å². The number of carbonyl (C=O) groups excluding carboxylic acids is 1. The van der Waals surface area contributed by atoms with Crippen LogP contribution in [-0.4, -0.2) is 61.0 Å². The Bertz CT molecular complexity index is 1600. The van der Waals surface area contributed by atoms with Crippen LogP contribution in [0.3, 0.4) is 0 Å². The van der Waals surface area contributed by atoms with E-state index in [4.69, 9.17) is 23.7 Å². The minimum atomic E-state index is -0.924. The number of rotatable bonds is 10. The second-order valence-corrected chi connectivity index (χ2v) is 10.6. The third-order valence-electron chi connectivity index (χ3n) is 6.09. The molecule has 228 valence electrons. The van der Waals surface area contributed by atoms with Crippen LogP contribution in [-0.2, 0) is 4.74 Å². The Morgan fingerprint density at radius 2 is 1.65 bits per heavy atom. The quantitative estimate of drug-likeness (QED) is 0.207. The number of ether oxygens (including phenoxy) is 5. The lowest BCUT2D eigenvalue weighted by Gasteiger charge is -2.24. The second-order valence-electron chi connectivity index (χ2n) is 10.6. The van der Waals surface area contributed by atoms with Crippen molar-refractivity contribution in [2.75, 3.05) is 39.7 Å². The number of aromatic nitrogens is 2. The van der Waals surface area contributed by atoms with Crippen molar-refractivity contribution in [1.82, 2.24) is 14.9 Å². The fourth-order valence-electron chi connectivity index (χ4n) is 4.01. The Balaban J connectivity index is 1.53. The van der Waals surface area contributed by atoms with Crippen LogP contribution in [0.15, 0.2) is 48.8 Å². The molecule has 0 fully saturated rings. The lowest BCUT2D eigenvalue weighted by molar-refractivity contribution is 0.0278. The van der Waals surface area contributed by atoms with Gasteiger partial charge < -0.3 is 33.9 Å². The summed E-state index contributed by atoms with van der Waals surface area (Å²) in [6.07, 6.45) is 2.49. The highest BCUT2D eigenvalue weighted by molar-refractivity contribution is 5.88. The van der Waals surface area contributed by atoms with Crippen molar-refractivity contribution in [3.05, 3.63) is 66.1 Å². The van der Waals surface area contributed by atoms with Crippen molar-refractivity contribution in [3.8, 4) is 28.7 Å². The number of amides is 1. The van der Waals surface area contributed by atoms with Crippen LogP contribution in [0.1, 0.15) is 26.5 Å². The number of halogens is 2. The molecule has 2 heterocycles. The van der Waals surface area contributed by atoms with E-state index in [1.54, 1.807) is 52.9 Å². The molecule has 0 aliphatic carbocycles. The molecule has 0 aliphatic rings. The Morgan fingerprint density at radius 3 is 2.30 bits per heavy atom. The highest BCUT2D eigenvalue weighted by Crippen LogP contribution is 2.39. The third-order valence-corrected chi connectivity index (χ3v) is 6.09. The van der Waals surface area contributed by atoms with E-state index in [-0.39, 0.29) is 24.6 Å². The van der Waals surface area contributed by atoms with Crippen molar-refractivity contribution in [2.24, 2.45) is 0 Å². The summed E-state index contributed by atoms with van der Waals surface area (Å²) in [5.41, 5.74) is 1.15. The molecule has 1 amide bonds. The molecule has 0 spiro atoms. The first-order valence-corrected chi connectivity index (χ1v) is 13.4. The van der Waals surface area contributed by atoms with Crippen LogP contribution >= 0.6 is 0 Å². The van der Waals surface area contributed by atoms with Crippen LogP contribution in [0, 0.1) is 18.6 Å². The fourth-order valence-corrected chi connectivity index (χ4v) is 4.01. The maximum Gasteiger partial charge on any atom is 0.410 e. The first kappa shape index (κ1) is 31.1. The summed E-state index contributed by atoms with van der Waals surface area (Å²) in [5.74, 6) is -1.10. The maximum absolute atomic E-state index is 15.2. The van der Waals surface area contributed by atoms with Gasteiger partial charge in [0.2, 0.25) is 0 Å². The summed E-state index contributed by atoms with van der Waals surface area (Å²) in [6.45, 7) is 7.57. The standard InChI is InChI=1S/C31H34F2N4O6/c1-18-12-26(39-6)24(17-35-18)36-19-13-21(32)29(22(33)14-19)42-25-8-9-34-23-16-28(27(40-7)15-20(23)25)41-11-10-37(5)30(38)43-31(2,3)4/h8-9,12-17,36H,10-11H2,1-7H3. The second kappa shape index (κ2) is 13.0. The van der Waals surface area contributed by atoms with E-state index in [0.717, 1.165) is 17.8 Å². The number of pyridine rings is 2. The van der Waals surface area contributed by atoms with E-state index < -0.39 is 29.1 Å². The molecule has 2 aromatic heterocycles. The number of nitrogens with zero attached hydrogens (tertiary/aromatic N) is 3. The fraction of sp³-hybridized carbons (Fsp3) is 0.323. The van der Waals surface area contributed by atoms with Gasteiger partial charge >= 0.3 is 6.09 Å². The largest absolute Gasteiger partial charge is 0.494 e. The molecule has 0 unspecified atom stereocenters. The normalized spacial score (nSPS) is 11.2. The van der Waals surface area contributed by atoms with E-state index in [0.29, 0.717) is 33.8 Å². The molecule has 1 N–H and O–H groups in total. The molecule has 4 rings (SSSR count). The lowest BCUT2D eigenvalue weighted by atomic mass is 10.1. The summed E-state index contributed by atoms with van der Waals surface area (Å²) < 4.78 is 58.1. The zero-order valence-electron chi connectivity index (χ0n) is 25.1. The Morgan fingerprint density at radius 1 is 0.953 bits per heavy atom. The van der Waals surface area contributed by atoms with E-state index in [1.165, 1.54) is 37.6 Å². The van der Waals surface area contributed by atoms with Crippen molar-refractivity contribution in [2.45, 2.75) is 33.3 Å². The molecular weight excluding hydrogens is 562 g/mol. The van der Waals surface area contributed by atoms with Crippen LogP contribution < -0.4 is 24.3 Å². The van der Waals surface area contributed by atoms with Crippen LogP contribution in [0.25, 0.3) is 10.9 Å². The summed E-state index contributed by atoms with van der Waals surface area (Å²) >= 11 is 0. The van der Waals surface area contributed by atoms with E-state index in [2.05, 4.69) is 15.3 Å². The average Bonchev–Trinajstić information content (AvgIpc) is 2.94. The molecule has 0 bridgehead atoms. The highest BCUT2D eigenvalue weighted by atomic mass is 19.1. The van der Waals surface area contributed by atoms with Crippen molar-refractivity contribution < 1.29 is 37.3 Å². The summed E-state index contributed by atoms with van der Waals surface area (Å²) in [4.78, 5) is 22.1. The van der Waals surface area contributed by atoms with E-state index in [1.807, 2.05) is 0 Å². The van der Waals surface area contributed by atoms with Crippen molar-refractivity contribution in [3.63, 3.8) is 0 Å². The van der Waals surface area contributed by atoms with Crippen LogP contribution in [0.2, 0.25) is 0 Å². The van der Waals surface area contributed by atoms with Gasteiger partial charge in [-0.2, -0.15) is 0 Å². The number of carbonyl (C=O) groups is 1. The van der Waals surface area contributed by atoms with E-state index in [9.17, 15) is 4.79 Å². The Labute approximate surface area is 248 Å². The van der Waals surface area contributed by atoms with Crippen molar-refractivity contribution >= 4 is 28.4 Å². The molecule has 43 heavy (non-hydrogen) atoms. The summed E-state index contributed by atoms with van der Waals surface area (Å²) in [5, 5.41) is 3.36. The third kappa shape index (κ3) is 7.70. The van der Waals surface area contributed by atoms with Crippen LogP contribution in [0.5, 0.6) is 28.7 Å². The molecule has 0 aliphatic heterocycles. The Kier molecular flexibility index (Phi) is 9.37. The van der Waals surface area contributed by atoms with Gasteiger partial charge in [0.05, 0.1) is 38.2 Å². The predicted octanol–water partition coefficient (Wildman–Crippen LogP) is 7.02. The molecule has 4 aromatic rings. The molecule has 0 radical (unpaired) electrons. The van der Waals surface area contributed by atoms with Gasteiger partial charge in [-0.05, 0) is 39.8 Å². The topological polar surface area (TPSA) is 104 Å². The lowest BCUT2D eigenvalue weighted by Crippen LogP contribution is -2.36. The van der Waals surface area contributed by atoms with Gasteiger partial charge in [-0.25, -0.2) is 13.6 Å². The molecule has 0 saturated heterocycles. The van der Waals surface area contributed by atoms with Gasteiger partial charge in [-0.1, -0.05) is 0 Å². The number of benzene rings is 2. The van der Waals surface area contributed by atoms with Gasteiger partial charge in [0.25, 0.3) is 0 Å². The highest BCUT2D eigenvalue weighted by Gasteiger charge is 2.21. The monoisotopic (exact) mass is 596 g/mol. The number of methoxy groups -OCH3 is 2. The molecule has 2 aromatic carbocycles. The number of aryl methyl sites for hydroxylation is 1. The molecule has 10 nitrogen and oxygen atoms in total. The van der Waals surface area contributed by atoms with Crippen LogP contribution in [0.4, 0.5) is 25.0 Å². The van der Waals surface area contributed by atoms with Gasteiger partial charge in [-0.3, -0.25) is 9.97 Å². The maximum atomic E-state index is 15.2. The summed E-state index contributed by atoms with van der Waals surface area (Å²) in [7, 11) is 4.56. The zero-order chi connectivity index (χ0) is 31.3. The first-order chi connectivity index (χ1) is 20.4. The van der Waals surface area contributed by atoms with Gasteiger partial charge in [-0.15, -0.1) is 0 Å². The number of anilines is 2. The minimum absolute atomic E-state index is 0.145. The number of fused-ring (bicyclic) bond motifs is 1. The first-order valence-electron chi connectivity index (χ1n) is 13.4. The SMILES string of the molecule is COc1cc(C)ncc1Nc1cc(F)c(Oc2ccnc3cc(OCCN(C)C(=O)OC(C)(C)C)c(OC)cc23)c(F)c1. The number of hydrogen-bond donors (Lipinski definition) is 1. The molecule has 12 heteroatoms. The molecular formula is C31H34F2N4O6. The smallest absolute Gasteiger partial charge is 0.410 e.